The van der Waals surface area contributed by atoms with Gasteiger partial charge in [0.1, 0.15) is 11.5 Å². The maximum Gasteiger partial charge on any atom is 0.123 e. The first-order valence-corrected chi connectivity index (χ1v) is 8.60. The minimum absolute atomic E-state index is 0.643. The topological polar surface area (TPSA) is 42.5 Å². The summed E-state index contributed by atoms with van der Waals surface area (Å²) in [7, 11) is 3.41. The molecule has 2 aromatic carbocycles. The molecule has 2 aromatic rings. The molecular formula is C20H26N2O2. The van der Waals surface area contributed by atoms with Crippen molar-refractivity contribution < 1.29 is 9.47 Å². The fourth-order valence-electron chi connectivity index (χ4n) is 3.25. The highest BCUT2D eigenvalue weighted by atomic mass is 16.5. The second-order valence-corrected chi connectivity index (χ2v) is 6.25. The van der Waals surface area contributed by atoms with Gasteiger partial charge in [0.15, 0.2) is 0 Å². The van der Waals surface area contributed by atoms with Gasteiger partial charge in [0.05, 0.1) is 14.2 Å². The highest BCUT2D eigenvalue weighted by Gasteiger charge is 2.15. The Balaban J connectivity index is 1.72. The van der Waals surface area contributed by atoms with Crippen LogP contribution in [0.3, 0.4) is 0 Å². The van der Waals surface area contributed by atoms with Gasteiger partial charge in [-0.15, -0.1) is 0 Å². The Morgan fingerprint density at radius 1 is 0.958 bits per heavy atom. The van der Waals surface area contributed by atoms with Crippen LogP contribution < -0.4 is 20.1 Å². The Kier molecular flexibility index (Phi) is 5.59. The van der Waals surface area contributed by atoms with E-state index in [1.807, 2.05) is 36.4 Å². The van der Waals surface area contributed by atoms with E-state index in [1.54, 1.807) is 14.2 Å². The summed E-state index contributed by atoms with van der Waals surface area (Å²) in [5.41, 5.74) is 3.23. The predicted molar refractivity (Wildman–Crippen MR) is 98.4 cm³/mol. The van der Waals surface area contributed by atoms with Crippen LogP contribution in [-0.4, -0.2) is 20.3 Å². The first-order valence-electron chi connectivity index (χ1n) is 8.60. The van der Waals surface area contributed by atoms with Gasteiger partial charge in [0, 0.05) is 35.6 Å². The Labute approximate surface area is 144 Å². The van der Waals surface area contributed by atoms with Crippen molar-refractivity contribution in [2.75, 3.05) is 19.5 Å². The molecule has 128 valence electrons. The van der Waals surface area contributed by atoms with Crippen molar-refractivity contribution in [1.29, 1.82) is 0 Å². The highest BCUT2D eigenvalue weighted by Crippen LogP contribution is 2.27. The van der Waals surface area contributed by atoms with Crippen LogP contribution in [0.2, 0.25) is 0 Å². The number of hydrogen-bond acceptors (Lipinski definition) is 4. The number of benzene rings is 2. The molecular weight excluding hydrogens is 300 g/mol. The van der Waals surface area contributed by atoms with Crippen molar-refractivity contribution in [1.82, 2.24) is 5.32 Å². The van der Waals surface area contributed by atoms with E-state index < -0.39 is 0 Å². The van der Waals surface area contributed by atoms with Crippen molar-refractivity contribution in [2.45, 2.75) is 38.3 Å². The van der Waals surface area contributed by atoms with Crippen molar-refractivity contribution in [2.24, 2.45) is 0 Å². The van der Waals surface area contributed by atoms with Crippen LogP contribution in [-0.2, 0) is 6.54 Å². The van der Waals surface area contributed by atoms with Gasteiger partial charge in [-0.1, -0.05) is 18.9 Å². The van der Waals surface area contributed by atoms with E-state index in [1.165, 1.54) is 31.2 Å². The first-order chi connectivity index (χ1) is 11.8. The lowest BCUT2D eigenvalue weighted by atomic mass is 10.1. The summed E-state index contributed by atoms with van der Waals surface area (Å²) in [6.45, 7) is 0.835. The molecule has 1 aliphatic carbocycles. The SMILES string of the molecule is COc1cccc(Nc2ccc(OC)c(CNC3CCCC3)c2)c1. The van der Waals surface area contributed by atoms with Crippen molar-refractivity contribution in [3.63, 3.8) is 0 Å². The highest BCUT2D eigenvalue weighted by molar-refractivity contribution is 5.63. The second-order valence-electron chi connectivity index (χ2n) is 6.25. The van der Waals surface area contributed by atoms with E-state index in [9.17, 15) is 0 Å². The number of hydrogen-bond donors (Lipinski definition) is 2. The summed E-state index contributed by atoms with van der Waals surface area (Å²) in [4.78, 5) is 0. The van der Waals surface area contributed by atoms with Crippen LogP contribution in [0.4, 0.5) is 11.4 Å². The summed E-state index contributed by atoms with van der Waals surface area (Å²) < 4.78 is 10.8. The van der Waals surface area contributed by atoms with E-state index in [0.717, 1.165) is 29.4 Å². The van der Waals surface area contributed by atoms with Crippen molar-refractivity contribution in [3.8, 4) is 11.5 Å². The minimum Gasteiger partial charge on any atom is -0.497 e. The van der Waals surface area contributed by atoms with Crippen LogP contribution >= 0.6 is 0 Å². The quantitative estimate of drug-likeness (QED) is 0.787. The molecule has 1 aliphatic rings. The summed E-state index contributed by atoms with van der Waals surface area (Å²) in [6, 6.07) is 14.8. The normalized spacial score (nSPS) is 14.6. The van der Waals surface area contributed by atoms with E-state index in [-0.39, 0.29) is 0 Å². The molecule has 0 saturated heterocycles. The number of methoxy groups -OCH3 is 2. The molecule has 0 atom stereocenters. The minimum atomic E-state index is 0.643. The van der Waals surface area contributed by atoms with Crippen LogP contribution in [0.1, 0.15) is 31.2 Å². The molecule has 0 heterocycles. The van der Waals surface area contributed by atoms with Gasteiger partial charge in [-0.3, -0.25) is 0 Å². The molecule has 4 nitrogen and oxygen atoms in total. The van der Waals surface area contributed by atoms with Gasteiger partial charge < -0.3 is 20.1 Å². The fourth-order valence-corrected chi connectivity index (χ4v) is 3.25. The first kappa shape index (κ1) is 16.7. The van der Waals surface area contributed by atoms with E-state index in [4.69, 9.17) is 9.47 Å². The number of anilines is 2. The molecule has 0 aliphatic heterocycles. The molecule has 0 bridgehead atoms. The van der Waals surface area contributed by atoms with Crippen LogP contribution in [0, 0.1) is 0 Å². The molecule has 1 fully saturated rings. The van der Waals surface area contributed by atoms with E-state index in [0.29, 0.717) is 6.04 Å². The molecule has 0 aromatic heterocycles. The van der Waals surface area contributed by atoms with Gasteiger partial charge in [-0.25, -0.2) is 0 Å². The molecule has 24 heavy (non-hydrogen) atoms. The standard InChI is InChI=1S/C20H26N2O2/c1-23-19-9-5-8-17(13-19)22-18-10-11-20(24-2)15(12-18)14-21-16-6-3-4-7-16/h5,8-13,16,21-22H,3-4,6-7,14H2,1-2H3. The number of nitrogens with one attached hydrogen (secondary N) is 2. The van der Waals surface area contributed by atoms with Crippen LogP contribution in [0.25, 0.3) is 0 Å². The van der Waals surface area contributed by atoms with Gasteiger partial charge in [-0.2, -0.15) is 0 Å². The zero-order valence-corrected chi connectivity index (χ0v) is 14.5. The average Bonchev–Trinajstić information content (AvgIpc) is 3.14. The maximum absolute atomic E-state index is 5.51. The summed E-state index contributed by atoms with van der Waals surface area (Å²) in [5.74, 6) is 1.77. The molecule has 0 spiro atoms. The smallest absolute Gasteiger partial charge is 0.123 e. The predicted octanol–water partition coefficient (Wildman–Crippen LogP) is 4.48. The molecule has 4 heteroatoms. The third-order valence-electron chi connectivity index (χ3n) is 4.58. The van der Waals surface area contributed by atoms with Crippen molar-refractivity contribution in [3.05, 3.63) is 48.0 Å². The fraction of sp³-hybridized carbons (Fsp3) is 0.400. The van der Waals surface area contributed by atoms with E-state index in [2.05, 4.69) is 16.7 Å². The van der Waals surface area contributed by atoms with Crippen LogP contribution in [0.5, 0.6) is 11.5 Å². The third kappa shape index (κ3) is 4.20. The third-order valence-corrected chi connectivity index (χ3v) is 4.58. The average molecular weight is 326 g/mol. The lowest BCUT2D eigenvalue weighted by Crippen LogP contribution is -2.25. The Hall–Kier alpha value is -2.20. The second kappa shape index (κ2) is 8.06. The Morgan fingerprint density at radius 3 is 2.50 bits per heavy atom. The summed E-state index contributed by atoms with van der Waals surface area (Å²) in [6.07, 6.45) is 5.24. The Morgan fingerprint density at radius 2 is 1.75 bits per heavy atom. The van der Waals surface area contributed by atoms with Crippen molar-refractivity contribution >= 4 is 11.4 Å². The molecule has 0 radical (unpaired) electrons. The lowest BCUT2D eigenvalue weighted by molar-refractivity contribution is 0.405. The summed E-state index contributed by atoms with van der Waals surface area (Å²) >= 11 is 0. The zero-order chi connectivity index (χ0) is 16.8. The Bertz CT molecular complexity index is 666. The van der Waals surface area contributed by atoms with Gasteiger partial charge in [0.25, 0.3) is 0 Å². The molecule has 0 unspecified atom stereocenters. The number of rotatable bonds is 7. The largest absolute Gasteiger partial charge is 0.497 e. The lowest BCUT2D eigenvalue weighted by Gasteiger charge is -2.16. The monoisotopic (exact) mass is 326 g/mol. The molecule has 1 saturated carbocycles. The van der Waals surface area contributed by atoms with Gasteiger partial charge >= 0.3 is 0 Å². The van der Waals surface area contributed by atoms with E-state index >= 15 is 0 Å². The summed E-state index contributed by atoms with van der Waals surface area (Å²) in [5, 5.41) is 7.09. The van der Waals surface area contributed by atoms with Crippen LogP contribution in [0.15, 0.2) is 42.5 Å². The molecule has 3 rings (SSSR count). The van der Waals surface area contributed by atoms with Gasteiger partial charge in [-0.05, 0) is 43.2 Å². The van der Waals surface area contributed by atoms with Gasteiger partial charge in [0.2, 0.25) is 0 Å². The zero-order valence-electron chi connectivity index (χ0n) is 14.5. The molecule has 2 N–H and O–H groups in total. The number of ether oxygens (including phenoxy) is 2. The molecule has 0 amide bonds. The maximum atomic E-state index is 5.51.